The number of benzene rings is 1. The van der Waals surface area contributed by atoms with Gasteiger partial charge in [-0.3, -0.25) is 0 Å². The van der Waals surface area contributed by atoms with Crippen LogP contribution >= 0.6 is 0 Å². The predicted octanol–water partition coefficient (Wildman–Crippen LogP) is 3.39. The molecule has 0 aliphatic carbocycles. The normalized spacial score (nSPS) is 20.4. The summed E-state index contributed by atoms with van der Waals surface area (Å²) in [4.78, 5) is 3.46. The fourth-order valence-corrected chi connectivity index (χ4v) is 3.01. The van der Waals surface area contributed by atoms with Crippen LogP contribution < -0.4 is 5.46 Å². The number of hydrogen-bond donors (Lipinski definition) is 1. The van der Waals surface area contributed by atoms with Gasteiger partial charge in [-0.05, 0) is 71.1 Å². The van der Waals surface area contributed by atoms with E-state index in [0.29, 0.717) is 0 Å². The molecule has 1 aliphatic rings. The molecule has 0 spiro atoms. The zero-order valence-corrected chi connectivity index (χ0v) is 14.0. The zero-order valence-electron chi connectivity index (χ0n) is 14.0. The summed E-state index contributed by atoms with van der Waals surface area (Å²) in [7, 11) is -0.304. The molecule has 1 aromatic heterocycles. The molecule has 1 saturated heterocycles. The number of aromatic nitrogens is 1. The summed E-state index contributed by atoms with van der Waals surface area (Å²) in [6, 6.07) is 4.34. The van der Waals surface area contributed by atoms with Crippen LogP contribution in [0, 0.1) is 20.8 Å². The van der Waals surface area contributed by atoms with Crippen molar-refractivity contribution < 1.29 is 9.31 Å². The highest BCUT2D eigenvalue weighted by Crippen LogP contribution is 2.37. The number of aromatic amines is 1. The summed E-state index contributed by atoms with van der Waals surface area (Å²) >= 11 is 0. The Labute approximate surface area is 127 Å². The molecule has 112 valence electrons. The quantitative estimate of drug-likeness (QED) is 0.815. The summed E-state index contributed by atoms with van der Waals surface area (Å²) in [5.41, 5.74) is 5.44. The molecule has 3 rings (SSSR count). The summed E-state index contributed by atoms with van der Waals surface area (Å²) < 4.78 is 12.3. The first-order valence-electron chi connectivity index (χ1n) is 7.57. The van der Waals surface area contributed by atoms with Gasteiger partial charge in [0, 0.05) is 16.6 Å². The second-order valence-electron chi connectivity index (χ2n) is 7.22. The van der Waals surface area contributed by atoms with Crippen LogP contribution in [0.4, 0.5) is 0 Å². The first kappa shape index (κ1) is 14.7. The lowest BCUT2D eigenvalue weighted by molar-refractivity contribution is 0.00578. The van der Waals surface area contributed by atoms with Crippen LogP contribution in [0.5, 0.6) is 0 Å². The van der Waals surface area contributed by atoms with E-state index in [2.05, 4.69) is 65.6 Å². The molecule has 0 unspecified atom stereocenters. The molecule has 0 bridgehead atoms. The lowest BCUT2D eigenvalue weighted by Crippen LogP contribution is -2.41. The number of aryl methyl sites for hydroxylation is 3. The molecule has 4 heteroatoms. The molecule has 1 N–H and O–H groups in total. The molecule has 3 nitrogen and oxygen atoms in total. The van der Waals surface area contributed by atoms with E-state index in [9.17, 15) is 0 Å². The van der Waals surface area contributed by atoms with E-state index in [-0.39, 0.29) is 18.3 Å². The third-order valence-electron chi connectivity index (χ3n) is 5.14. The molecule has 0 radical (unpaired) electrons. The Balaban J connectivity index is 2.07. The molecule has 0 atom stereocenters. The molecule has 1 aromatic carbocycles. The molecule has 2 aromatic rings. The van der Waals surface area contributed by atoms with Crippen molar-refractivity contribution in [2.45, 2.75) is 59.7 Å². The van der Waals surface area contributed by atoms with E-state index in [1.165, 1.54) is 22.2 Å². The molecule has 21 heavy (non-hydrogen) atoms. The first-order chi connectivity index (χ1) is 9.62. The van der Waals surface area contributed by atoms with Crippen LogP contribution in [0.15, 0.2) is 12.1 Å². The van der Waals surface area contributed by atoms with Crippen LogP contribution in [0.1, 0.15) is 44.5 Å². The fraction of sp³-hybridized carbons (Fsp3) is 0.529. The van der Waals surface area contributed by atoms with Crippen LogP contribution in [-0.4, -0.2) is 23.3 Å². The van der Waals surface area contributed by atoms with Crippen molar-refractivity contribution in [3.8, 4) is 0 Å². The number of H-pyrrole nitrogens is 1. The van der Waals surface area contributed by atoms with Crippen molar-refractivity contribution >= 4 is 23.5 Å². The van der Waals surface area contributed by atoms with Gasteiger partial charge in [-0.2, -0.15) is 0 Å². The summed E-state index contributed by atoms with van der Waals surface area (Å²) in [6.45, 7) is 14.8. The van der Waals surface area contributed by atoms with E-state index in [1.807, 2.05) is 0 Å². The van der Waals surface area contributed by atoms with Gasteiger partial charge in [-0.1, -0.05) is 6.07 Å². The number of hydrogen-bond acceptors (Lipinski definition) is 2. The Morgan fingerprint density at radius 3 is 2.10 bits per heavy atom. The van der Waals surface area contributed by atoms with Gasteiger partial charge in [-0.15, -0.1) is 0 Å². The van der Waals surface area contributed by atoms with Gasteiger partial charge < -0.3 is 14.3 Å². The van der Waals surface area contributed by atoms with E-state index in [0.717, 1.165) is 11.0 Å². The van der Waals surface area contributed by atoms with Crippen LogP contribution in [0.2, 0.25) is 0 Å². The van der Waals surface area contributed by atoms with E-state index >= 15 is 0 Å². The SMILES string of the molecule is Cc1[nH]c2cc(B3OC(C)(C)C(C)(C)O3)cc(C)c2c1C. The summed E-state index contributed by atoms with van der Waals surface area (Å²) in [5.74, 6) is 0. The molecule has 1 aliphatic heterocycles. The van der Waals surface area contributed by atoms with Gasteiger partial charge in [0.15, 0.2) is 0 Å². The van der Waals surface area contributed by atoms with Crippen molar-refractivity contribution in [1.29, 1.82) is 0 Å². The highest BCUT2D eigenvalue weighted by atomic mass is 16.7. The number of rotatable bonds is 1. The Hall–Kier alpha value is -1.26. The third kappa shape index (κ3) is 2.12. The van der Waals surface area contributed by atoms with Crippen molar-refractivity contribution in [2.24, 2.45) is 0 Å². The van der Waals surface area contributed by atoms with Crippen LogP contribution in [0.3, 0.4) is 0 Å². The molecule has 1 fully saturated rings. The Morgan fingerprint density at radius 1 is 0.952 bits per heavy atom. The third-order valence-corrected chi connectivity index (χ3v) is 5.14. The largest absolute Gasteiger partial charge is 0.494 e. The van der Waals surface area contributed by atoms with Crippen LogP contribution in [0.25, 0.3) is 10.9 Å². The molecule has 0 amide bonds. The fourth-order valence-electron chi connectivity index (χ4n) is 3.01. The average molecular weight is 285 g/mol. The van der Waals surface area contributed by atoms with Crippen LogP contribution in [-0.2, 0) is 9.31 Å². The standard InChI is InChI=1S/C17H24BNO2/c1-10-8-13(9-14-15(10)11(2)12(3)19-14)18-20-16(4,5)17(6,7)21-18/h8-9,19H,1-7H3. The number of fused-ring (bicyclic) bond motifs is 1. The van der Waals surface area contributed by atoms with Gasteiger partial charge in [0.05, 0.1) is 11.2 Å². The highest BCUT2D eigenvalue weighted by Gasteiger charge is 2.51. The van der Waals surface area contributed by atoms with Gasteiger partial charge in [0.2, 0.25) is 0 Å². The summed E-state index contributed by atoms with van der Waals surface area (Å²) in [6.07, 6.45) is 0. The molecule has 2 heterocycles. The Morgan fingerprint density at radius 2 is 1.52 bits per heavy atom. The predicted molar refractivity (Wildman–Crippen MR) is 88.2 cm³/mol. The Kier molecular flexibility index (Phi) is 3.05. The topological polar surface area (TPSA) is 34.2 Å². The molecular weight excluding hydrogens is 261 g/mol. The molecule has 0 saturated carbocycles. The maximum atomic E-state index is 6.15. The summed E-state index contributed by atoms with van der Waals surface area (Å²) in [5, 5.41) is 1.31. The minimum absolute atomic E-state index is 0.303. The van der Waals surface area contributed by atoms with Crippen molar-refractivity contribution in [2.75, 3.05) is 0 Å². The van der Waals surface area contributed by atoms with Gasteiger partial charge in [0.1, 0.15) is 0 Å². The Bertz CT molecular complexity index is 699. The lowest BCUT2D eigenvalue weighted by Gasteiger charge is -2.32. The minimum Gasteiger partial charge on any atom is -0.399 e. The van der Waals surface area contributed by atoms with Gasteiger partial charge >= 0.3 is 7.12 Å². The average Bonchev–Trinajstić information content (AvgIpc) is 2.74. The maximum absolute atomic E-state index is 6.15. The van der Waals surface area contributed by atoms with E-state index in [4.69, 9.17) is 9.31 Å². The highest BCUT2D eigenvalue weighted by molar-refractivity contribution is 6.62. The maximum Gasteiger partial charge on any atom is 0.494 e. The first-order valence-corrected chi connectivity index (χ1v) is 7.57. The van der Waals surface area contributed by atoms with Crippen molar-refractivity contribution in [1.82, 2.24) is 4.98 Å². The molecular formula is C17H24BNO2. The monoisotopic (exact) mass is 285 g/mol. The second kappa shape index (κ2) is 4.37. The minimum atomic E-state index is -0.304. The van der Waals surface area contributed by atoms with E-state index in [1.54, 1.807) is 0 Å². The lowest BCUT2D eigenvalue weighted by atomic mass is 9.77. The smallest absolute Gasteiger partial charge is 0.399 e. The van der Waals surface area contributed by atoms with Gasteiger partial charge in [0.25, 0.3) is 0 Å². The van der Waals surface area contributed by atoms with E-state index < -0.39 is 0 Å². The second-order valence-corrected chi connectivity index (χ2v) is 7.22. The van der Waals surface area contributed by atoms with Crippen molar-refractivity contribution in [3.63, 3.8) is 0 Å². The van der Waals surface area contributed by atoms with Crippen molar-refractivity contribution in [3.05, 3.63) is 29.0 Å². The van der Waals surface area contributed by atoms with Gasteiger partial charge in [-0.25, -0.2) is 0 Å². The zero-order chi connectivity index (χ0) is 15.6. The number of nitrogens with one attached hydrogen (secondary N) is 1.